The molecule has 0 saturated heterocycles. The van der Waals surface area contributed by atoms with Gasteiger partial charge in [0.25, 0.3) is 5.69 Å². The predicted octanol–water partition coefficient (Wildman–Crippen LogP) is 3.21. The number of ketones is 1. The lowest BCUT2D eigenvalue weighted by Gasteiger charge is -2.30. The Balaban J connectivity index is 2.27. The maximum atomic E-state index is 12.9. The summed E-state index contributed by atoms with van der Waals surface area (Å²) in [4.78, 5) is 21.5. The van der Waals surface area contributed by atoms with Crippen LogP contribution in [0.4, 0.5) is 18.9 Å². The minimum absolute atomic E-state index is 0.0320. The highest BCUT2D eigenvalue weighted by atomic mass is 19.4. The Labute approximate surface area is 136 Å². The third kappa shape index (κ3) is 4.10. The predicted molar refractivity (Wildman–Crippen MR) is 79.7 cm³/mol. The number of hydrogen-bond acceptors (Lipinski definition) is 5. The fraction of sp³-hybridized carbons (Fsp3) is 0.400. The number of hydrazine groups is 1. The van der Waals surface area contributed by atoms with Crippen LogP contribution in [0, 0.1) is 16.0 Å². The molecule has 2 rings (SSSR count). The number of allylic oxidation sites excluding steroid dienone is 1. The zero-order valence-electron chi connectivity index (χ0n) is 13.0. The summed E-state index contributed by atoms with van der Waals surface area (Å²) in [5.74, 6) is -0.277. The van der Waals surface area contributed by atoms with E-state index in [-0.39, 0.29) is 17.3 Å². The van der Waals surface area contributed by atoms with Gasteiger partial charge in [-0.25, -0.2) is 5.43 Å². The lowest BCUT2D eigenvalue weighted by molar-refractivity contribution is -0.385. The van der Waals surface area contributed by atoms with Gasteiger partial charge in [0.05, 0.1) is 10.5 Å². The van der Waals surface area contributed by atoms with Crippen LogP contribution in [0.25, 0.3) is 0 Å². The summed E-state index contributed by atoms with van der Waals surface area (Å²) >= 11 is 0. The number of benzene rings is 1. The Kier molecular flexibility index (Phi) is 4.93. The first-order valence-corrected chi connectivity index (χ1v) is 7.19. The van der Waals surface area contributed by atoms with Gasteiger partial charge >= 0.3 is 6.18 Å². The number of nitro groups is 1. The van der Waals surface area contributed by atoms with Crippen LogP contribution in [0.1, 0.15) is 31.0 Å². The summed E-state index contributed by atoms with van der Waals surface area (Å²) in [6, 6.07) is 1.89. The molecule has 130 valence electrons. The van der Waals surface area contributed by atoms with Gasteiger partial charge in [0.15, 0.2) is 5.78 Å². The van der Waals surface area contributed by atoms with Gasteiger partial charge in [0.1, 0.15) is 0 Å². The van der Waals surface area contributed by atoms with Gasteiger partial charge in [0, 0.05) is 36.8 Å². The van der Waals surface area contributed by atoms with Crippen LogP contribution in [0.15, 0.2) is 30.5 Å². The summed E-state index contributed by atoms with van der Waals surface area (Å²) in [7, 11) is 0. The average molecular weight is 343 g/mol. The highest BCUT2D eigenvalue weighted by Crippen LogP contribution is 2.34. The molecule has 1 aromatic rings. The number of rotatable bonds is 4. The van der Waals surface area contributed by atoms with Gasteiger partial charge in [0.2, 0.25) is 0 Å². The molecule has 0 aliphatic carbocycles. The first-order valence-electron chi connectivity index (χ1n) is 7.19. The monoisotopic (exact) mass is 343 g/mol. The molecule has 0 saturated carbocycles. The van der Waals surface area contributed by atoms with Crippen LogP contribution in [0.2, 0.25) is 0 Å². The quantitative estimate of drug-likeness (QED) is 0.671. The largest absolute Gasteiger partial charge is 0.416 e. The van der Waals surface area contributed by atoms with Crippen molar-refractivity contribution in [3.05, 3.63) is 51.7 Å². The third-order valence-electron chi connectivity index (χ3n) is 3.71. The Bertz CT molecular complexity index is 688. The number of halogens is 3. The van der Waals surface area contributed by atoms with Crippen LogP contribution in [0.3, 0.4) is 0 Å². The number of carbonyl (C=O) groups excluding carboxylic acids is 1. The normalized spacial score (nSPS) is 19.5. The number of alkyl halides is 3. The summed E-state index contributed by atoms with van der Waals surface area (Å²) in [5.41, 5.74) is 1.38. The first kappa shape index (κ1) is 17.9. The van der Waals surface area contributed by atoms with Gasteiger partial charge in [-0.3, -0.25) is 14.9 Å². The minimum atomic E-state index is -4.67. The molecule has 0 amide bonds. The van der Waals surface area contributed by atoms with Crippen LogP contribution < -0.4 is 5.43 Å². The number of nitro benzene ring substituents is 1. The molecule has 1 aliphatic heterocycles. The highest BCUT2D eigenvalue weighted by Gasteiger charge is 2.33. The molecule has 0 aromatic heterocycles. The van der Waals surface area contributed by atoms with E-state index in [0.29, 0.717) is 12.6 Å². The second kappa shape index (κ2) is 6.60. The van der Waals surface area contributed by atoms with E-state index < -0.39 is 28.4 Å². The number of hydrogen-bond donors (Lipinski definition) is 1. The van der Waals surface area contributed by atoms with E-state index in [1.807, 2.05) is 0 Å². The van der Waals surface area contributed by atoms with Crippen LogP contribution >= 0.6 is 0 Å². The molecule has 0 bridgehead atoms. The SMILES string of the molecule is CC1CN(NC(C)c2cc([N+](=O)[O-])cc(C(F)(F)F)c2)C=CC1=O. The van der Waals surface area contributed by atoms with Crippen molar-refractivity contribution in [1.29, 1.82) is 0 Å². The molecule has 1 N–H and O–H groups in total. The van der Waals surface area contributed by atoms with Gasteiger partial charge in [-0.2, -0.15) is 13.2 Å². The molecule has 2 unspecified atom stereocenters. The minimum Gasteiger partial charge on any atom is -0.314 e. The molecule has 1 heterocycles. The smallest absolute Gasteiger partial charge is 0.314 e. The van der Waals surface area contributed by atoms with Gasteiger partial charge in [-0.1, -0.05) is 6.92 Å². The van der Waals surface area contributed by atoms with Crippen molar-refractivity contribution in [2.45, 2.75) is 26.1 Å². The molecular weight excluding hydrogens is 327 g/mol. The summed E-state index contributed by atoms with van der Waals surface area (Å²) in [6.07, 6.45) is -1.80. The zero-order valence-corrected chi connectivity index (χ0v) is 13.0. The number of carbonyl (C=O) groups is 1. The van der Waals surface area contributed by atoms with E-state index in [1.54, 1.807) is 18.9 Å². The molecule has 1 aliphatic rings. The van der Waals surface area contributed by atoms with Crippen molar-refractivity contribution in [3.63, 3.8) is 0 Å². The molecule has 0 radical (unpaired) electrons. The average Bonchev–Trinajstić information content (AvgIpc) is 2.49. The number of nitrogens with zero attached hydrogens (tertiary/aromatic N) is 2. The molecular formula is C15H16F3N3O3. The van der Waals surface area contributed by atoms with E-state index in [0.717, 1.165) is 12.1 Å². The molecule has 0 spiro atoms. The molecule has 6 nitrogen and oxygen atoms in total. The van der Waals surface area contributed by atoms with Crippen LogP contribution in [-0.2, 0) is 11.0 Å². The van der Waals surface area contributed by atoms with Gasteiger partial charge in [-0.15, -0.1) is 0 Å². The van der Waals surface area contributed by atoms with Crippen molar-refractivity contribution < 1.29 is 22.9 Å². The van der Waals surface area contributed by atoms with E-state index in [1.165, 1.54) is 12.3 Å². The lowest BCUT2D eigenvalue weighted by atomic mass is 10.0. The standard InChI is InChI=1S/C15H16F3N3O3/c1-9-8-20(4-3-14(9)22)19-10(2)11-5-12(15(16,17)18)7-13(6-11)21(23)24/h3-7,9-10,19H,8H2,1-2H3. The second-order valence-corrected chi connectivity index (χ2v) is 5.69. The van der Waals surface area contributed by atoms with Crippen molar-refractivity contribution in [1.82, 2.24) is 10.4 Å². The summed E-state index contributed by atoms with van der Waals surface area (Å²) in [5, 5.41) is 12.5. The van der Waals surface area contributed by atoms with Crippen molar-refractivity contribution in [3.8, 4) is 0 Å². The van der Waals surface area contributed by atoms with E-state index in [2.05, 4.69) is 5.43 Å². The fourth-order valence-electron chi connectivity index (χ4n) is 2.35. The topological polar surface area (TPSA) is 75.5 Å². The molecule has 0 fully saturated rings. The van der Waals surface area contributed by atoms with Crippen molar-refractivity contribution in [2.24, 2.45) is 5.92 Å². The summed E-state index contributed by atoms with van der Waals surface area (Å²) < 4.78 is 38.8. The van der Waals surface area contributed by atoms with E-state index in [4.69, 9.17) is 0 Å². The van der Waals surface area contributed by atoms with Gasteiger partial charge < -0.3 is 5.01 Å². The molecule has 2 atom stereocenters. The van der Waals surface area contributed by atoms with E-state index >= 15 is 0 Å². The fourth-order valence-corrected chi connectivity index (χ4v) is 2.35. The third-order valence-corrected chi connectivity index (χ3v) is 3.71. The first-order chi connectivity index (χ1) is 11.1. The summed E-state index contributed by atoms with van der Waals surface area (Å²) in [6.45, 7) is 3.69. The zero-order chi connectivity index (χ0) is 18.1. The van der Waals surface area contributed by atoms with Crippen molar-refractivity contribution in [2.75, 3.05) is 6.54 Å². The highest BCUT2D eigenvalue weighted by molar-refractivity contribution is 5.92. The molecule has 24 heavy (non-hydrogen) atoms. The van der Waals surface area contributed by atoms with Crippen molar-refractivity contribution >= 4 is 11.5 Å². The van der Waals surface area contributed by atoms with E-state index in [9.17, 15) is 28.1 Å². The Morgan fingerprint density at radius 1 is 1.38 bits per heavy atom. The molecule has 1 aromatic carbocycles. The Morgan fingerprint density at radius 3 is 2.58 bits per heavy atom. The Hall–Kier alpha value is -2.42. The van der Waals surface area contributed by atoms with Crippen LogP contribution in [0.5, 0.6) is 0 Å². The second-order valence-electron chi connectivity index (χ2n) is 5.69. The maximum Gasteiger partial charge on any atom is 0.416 e. The van der Waals surface area contributed by atoms with Crippen LogP contribution in [-0.4, -0.2) is 22.3 Å². The number of non-ortho nitro benzene ring substituents is 1. The molecule has 9 heteroatoms. The maximum absolute atomic E-state index is 12.9. The van der Waals surface area contributed by atoms with Gasteiger partial charge in [-0.05, 0) is 24.6 Å². The lowest BCUT2D eigenvalue weighted by Crippen LogP contribution is -2.42. The Morgan fingerprint density at radius 2 is 2.04 bits per heavy atom. The number of nitrogens with one attached hydrogen (secondary N) is 1.